The van der Waals surface area contributed by atoms with Crippen LogP contribution in [0.4, 0.5) is 0 Å². The number of thioether (sulfide) groups is 1. The number of nitrogens with one attached hydrogen (secondary N) is 1. The van der Waals surface area contributed by atoms with Gasteiger partial charge < -0.3 is 41.1 Å². The molecule has 4 saturated heterocycles. The number of carbonyl (C=O) groups is 5. The van der Waals surface area contributed by atoms with E-state index in [2.05, 4.69) is 5.32 Å². The molecule has 0 bridgehead atoms. The van der Waals surface area contributed by atoms with Gasteiger partial charge >= 0.3 is 11.9 Å². The Labute approximate surface area is 303 Å². The molecule has 0 aliphatic carbocycles. The van der Waals surface area contributed by atoms with Crippen molar-refractivity contribution < 1.29 is 49.1 Å². The van der Waals surface area contributed by atoms with Crippen LogP contribution >= 0.6 is 11.8 Å². The summed E-state index contributed by atoms with van der Waals surface area (Å²) in [7, 11) is 0. The summed E-state index contributed by atoms with van der Waals surface area (Å²) < 4.78 is 4.52. The van der Waals surface area contributed by atoms with E-state index < -0.39 is 64.3 Å². The summed E-state index contributed by atoms with van der Waals surface area (Å²) in [5.74, 6) is -3.16. The second kappa shape index (κ2) is 14.1. The van der Waals surface area contributed by atoms with Crippen molar-refractivity contribution in [2.75, 3.05) is 6.61 Å². The molecule has 2 radical (unpaired) electrons. The van der Waals surface area contributed by atoms with Crippen LogP contribution in [0.2, 0.25) is 0 Å². The van der Waals surface area contributed by atoms with E-state index in [1.54, 1.807) is 13.8 Å². The van der Waals surface area contributed by atoms with Gasteiger partial charge in [-0.1, -0.05) is 12.1 Å². The first-order valence-corrected chi connectivity index (χ1v) is 12.8. The molecular formula is C24H28KN4NaO10S. The zero-order valence-electron chi connectivity index (χ0n) is 22.9. The van der Waals surface area contributed by atoms with Crippen molar-refractivity contribution >= 4 is 122 Å². The number of carboxylic acid groups (broad SMARTS) is 2. The predicted molar refractivity (Wildman–Crippen MR) is 145 cm³/mol. The molecular weight excluding hydrogens is 598 g/mol. The molecule has 4 heterocycles. The molecule has 14 nitrogen and oxygen atoms in total. The zero-order valence-corrected chi connectivity index (χ0v) is 28.8. The van der Waals surface area contributed by atoms with Gasteiger partial charge in [0.25, 0.3) is 0 Å². The number of phenols is 1. The predicted octanol–water partition coefficient (Wildman–Crippen LogP) is -1.83. The van der Waals surface area contributed by atoms with Crippen LogP contribution in [-0.2, 0) is 28.7 Å². The van der Waals surface area contributed by atoms with Gasteiger partial charge in [0.15, 0.2) is 12.3 Å². The number of rotatable bonds is 6. The largest absolute Gasteiger partial charge is 0.508 e. The number of phenolic OH excluding ortho intramolecular Hbond substituents is 1. The SMILES string of the molecule is CC1(C)S[C@@H]2[C@H](NC(=O)[C@H](N)c3ccc(O)cc3)C(=O)N2[C@H]1C(=O)O.O=C(O)[C@H]1/C(=C/CO)O[C@@H]2CC(=O)N21.[K].[Na]. The normalized spacial score (nSPS) is 28.2. The first kappa shape index (κ1) is 36.0. The maximum Gasteiger partial charge on any atom is 0.334 e. The molecule has 4 fully saturated rings. The third-order valence-electron chi connectivity index (χ3n) is 6.80. The molecule has 3 amide bonds. The standard InChI is InChI=1S/C16H19N3O5S.C8H9NO5.K.Na/c1-16(2)11(15(23)24)19-13(22)10(14(19)25-16)18-12(21)9(17)7-3-5-8(20)6-4-7;10-2-1-4-7(8(12)13)9-5(11)3-6(9)14-4;;/h3-6,9-11,14,20H,17H2,1-2H3,(H,18,21)(H,23,24);1,6-7,10H,2-3H2,(H,12,13);;/b;4-1-;;/t9-,10-,11+,14-;6-,7-;;/m11../s1. The molecule has 17 heteroatoms. The Hall–Kier alpha value is -1.18. The fourth-order valence-corrected chi connectivity index (χ4v) is 6.51. The number of hydrogen-bond donors (Lipinski definition) is 6. The van der Waals surface area contributed by atoms with E-state index in [0.29, 0.717) is 5.56 Å². The third kappa shape index (κ3) is 6.98. The van der Waals surface area contributed by atoms with Crippen LogP contribution < -0.4 is 11.1 Å². The molecule has 0 saturated carbocycles. The number of aliphatic hydroxyl groups is 1. The van der Waals surface area contributed by atoms with E-state index >= 15 is 0 Å². The Morgan fingerprint density at radius 3 is 2.29 bits per heavy atom. The minimum Gasteiger partial charge on any atom is -0.508 e. The minimum absolute atomic E-state index is 0. The van der Waals surface area contributed by atoms with Crippen molar-refractivity contribution in [1.29, 1.82) is 0 Å². The summed E-state index contributed by atoms with van der Waals surface area (Å²) in [5, 5.41) is 38.4. The third-order valence-corrected chi connectivity index (χ3v) is 8.37. The number of benzene rings is 1. The molecule has 5 rings (SSSR count). The van der Waals surface area contributed by atoms with Crippen molar-refractivity contribution in [2.45, 2.75) is 60.8 Å². The van der Waals surface area contributed by atoms with Crippen LogP contribution in [0.3, 0.4) is 0 Å². The number of hydrogen-bond acceptors (Lipinski definition) is 10. The van der Waals surface area contributed by atoms with Crippen LogP contribution in [-0.4, -0.2) is 182 Å². The van der Waals surface area contributed by atoms with Crippen LogP contribution in [0.1, 0.15) is 31.9 Å². The number of aliphatic hydroxyl groups excluding tert-OH is 1. The Kier molecular flexibility index (Phi) is 12.4. The first-order valence-electron chi connectivity index (χ1n) is 11.9. The molecule has 1 aromatic carbocycles. The second-order valence-corrected chi connectivity index (χ2v) is 11.5. The number of aromatic hydroxyl groups is 1. The van der Waals surface area contributed by atoms with Gasteiger partial charge in [-0.05, 0) is 37.6 Å². The monoisotopic (exact) mass is 626 g/mol. The molecule has 0 aromatic heterocycles. The summed E-state index contributed by atoms with van der Waals surface area (Å²) in [5.41, 5.74) is 6.41. The topological polar surface area (TPSA) is 220 Å². The Morgan fingerprint density at radius 2 is 1.78 bits per heavy atom. The number of nitrogens with two attached hydrogens (primary N) is 1. The molecule has 1 aromatic rings. The molecule has 4 aliphatic rings. The van der Waals surface area contributed by atoms with Crippen molar-refractivity contribution in [2.24, 2.45) is 5.73 Å². The molecule has 41 heavy (non-hydrogen) atoms. The average molecular weight is 627 g/mol. The molecule has 6 atom stereocenters. The Bertz CT molecular complexity index is 1250. The van der Waals surface area contributed by atoms with E-state index in [-0.39, 0.29) is 111 Å². The number of fused-ring (bicyclic) bond motifs is 2. The first-order chi connectivity index (χ1) is 18.3. The number of amides is 3. The fraction of sp³-hybridized carbons (Fsp3) is 0.458. The van der Waals surface area contributed by atoms with Gasteiger partial charge in [-0.15, -0.1) is 11.8 Å². The Balaban J connectivity index is 0.000000314. The van der Waals surface area contributed by atoms with E-state index in [9.17, 15) is 34.2 Å². The van der Waals surface area contributed by atoms with Gasteiger partial charge in [0.05, 0.1) is 13.0 Å². The number of aliphatic carboxylic acids is 2. The summed E-state index contributed by atoms with van der Waals surface area (Å²) >= 11 is 1.35. The van der Waals surface area contributed by atoms with Crippen molar-refractivity contribution in [1.82, 2.24) is 15.1 Å². The van der Waals surface area contributed by atoms with Crippen molar-refractivity contribution in [3.8, 4) is 5.75 Å². The number of β-lactam (4-membered cyclic amide) rings is 2. The Morgan fingerprint density at radius 1 is 1.17 bits per heavy atom. The van der Waals surface area contributed by atoms with Gasteiger partial charge in [0, 0.05) is 85.7 Å². The van der Waals surface area contributed by atoms with Crippen LogP contribution in [0.15, 0.2) is 36.1 Å². The molecule has 212 valence electrons. The van der Waals surface area contributed by atoms with Gasteiger partial charge in [-0.2, -0.15) is 0 Å². The minimum atomic E-state index is -1.14. The molecule has 7 N–H and O–H groups in total. The van der Waals surface area contributed by atoms with E-state index in [1.807, 2.05) is 0 Å². The fourth-order valence-electron chi connectivity index (χ4n) is 4.88. The van der Waals surface area contributed by atoms with Crippen LogP contribution in [0.5, 0.6) is 5.75 Å². The van der Waals surface area contributed by atoms with Crippen molar-refractivity contribution in [3.05, 3.63) is 41.7 Å². The molecule has 4 aliphatic heterocycles. The number of ether oxygens (including phenoxy) is 1. The summed E-state index contributed by atoms with van der Waals surface area (Å²) in [6.07, 6.45) is 1.03. The van der Waals surface area contributed by atoms with E-state index in [4.69, 9.17) is 20.7 Å². The average Bonchev–Trinajstić information content (AvgIpc) is 3.31. The molecule has 0 unspecified atom stereocenters. The van der Waals surface area contributed by atoms with Gasteiger partial charge in [-0.25, -0.2) is 9.59 Å². The van der Waals surface area contributed by atoms with Crippen LogP contribution in [0, 0.1) is 0 Å². The number of carboxylic acids is 2. The van der Waals surface area contributed by atoms with Gasteiger partial charge in [0.2, 0.25) is 17.7 Å². The number of nitrogens with zero attached hydrogens (tertiary/aromatic N) is 2. The van der Waals surface area contributed by atoms with E-state index in [1.165, 1.54) is 51.9 Å². The quantitative estimate of drug-likeness (QED) is 0.152. The summed E-state index contributed by atoms with van der Waals surface area (Å²) in [6.45, 7) is 3.24. The zero-order chi connectivity index (χ0) is 28.8. The van der Waals surface area contributed by atoms with E-state index in [0.717, 1.165) is 0 Å². The summed E-state index contributed by atoms with van der Waals surface area (Å²) in [6, 6.07) is 2.14. The second-order valence-electron chi connectivity index (χ2n) is 9.76. The van der Waals surface area contributed by atoms with Gasteiger partial charge in [0.1, 0.15) is 35.0 Å². The molecule has 0 spiro atoms. The van der Waals surface area contributed by atoms with Crippen molar-refractivity contribution in [3.63, 3.8) is 0 Å². The summed E-state index contributed by atoms with van der Waals surface area (Å²) in [4.78, 5) is 60.5. The maximum atomic E-state index is 12.3. The number of carbonyl (C=O) groups excluding carboxylic acids is 3. The van der Waals surface area contributed by atoms with Gasteiger partial charge in [-0.3, -0.25) is 19.3 Å². The maximum absolute atomic E-state index is 12.3. The van der Waals surface area contributed by atoms with Crippen LogP contribution in [0.25, 0.3) is 0 Å². The smallest absolute Gasteiger partial charge is 0.334 e.